The summed E-state index contributed by atoms with van der Waals surface area (Å²) in [5, 5.41) is 17.8. The minimum absolute atomic E-state index is 0.129. The van der Waals surface area contributed by atoms with Crippen molar-refractivity contribution in [2.24, 2.45) is 0 Å². The molecule has 22 heavy (non-hydrogen) atoms. The van der Waals surface area contributed by atoms with E-state index in [9.17, 15) is 8.42 Å². The van der Waals surface area contributed by atoms with E-state index in [1.807, 2.05) is 0 Å². The molecule has 0 spiro atoms. The fourth-order valence-electron chi connectivity index (χ4n) is 2.33. The van der Waals surface area contributed by atoms with Crippen molar-refractivity contribution >= 4 is 26.9 Å². The number of unbranched alkanes of at least 4 members (excludes halogenated alkanes) is 3. The summed E-state index contributed by atoms with van der Waals surface area (Å²) < 4.78 is 25.0. The van der Waals surface area contributed by atoms with E-state index in [1.165, 1.54) is 0 Å². The van der Waals surface area contributed by atoms with Gasteiger partial charge in [-0.05, 0) is 25.0 Å². The maximum absolute atomic E-state index is 12.5. The number of hydrogen-bond acceptors (Lipinski definition) is 6. The third-order valence-electron chi connectivity index (χ3n) is 3.58. The van der Waals surface area contributed by atoms with E-state index in [2.05, 4.69) is 16.0 Å². The molecule has 0 aliphatic carbocycles. The monoisotopic (exact) mass is 329 g/mol. The maximum Gasteiger partial charge on any atom is 0.178 e. The van der Waals surface area contributed by atoms with Crippen molar-refractivity contribution in [3.8, 4) is 0 Å². The summed E-state index contributed by atoms with van der Waals surface area (Å²) in [6.07, 6.45) is 3.00. The zero-order valence-electron chi connectivity index (χ0n) is 13.6. The van der Waals surface area contributed by atoms with Gasteiger partial charge in [0.1, 0.15) is 0 Å². The fourth-order valence-corrected chi connectivity index (χ4v) is 3.75. The third-order valence-corrected chi connectivity index (χ3v) is 5.36. The zero-order chi connectivity index (χ0) is 16.6. The van der Waals surface area contributed by atoms with Crippen molar-refractivity contribution in [1.29, 1.82) is 0 Å². The van der Waals surface area contributed by atoms with Gasteiger partial charge in [-0.2, -0.15) is 0 Å². The Morgan fingerprint density at radius 3 is 1.91 bits per heavy atom. The lowest BCUT2D eigenvalue weighted by Crippen LogP contribution is -2.10. The van der Waals surface area contributed by atoms with Crippen molar-refractivity contribution in [2.45, 2.75) is 30.6 Å². The largest absolute Gasteiger partial charge is 0.396 e. The van der Waals surface area contributed by atoms with Crippen LogP contribution in [0.2, 0.25) is 0 Å². The number of aliphatic hydroxyl groups excluding tert-OH is 1. The Kier molecular flexibility index (Phi) is 7.47. The minimum Gasteiger partial charge on any atom is -0.396 e. The molecule has 4 N–H and O–H groups in total. The van der Waals surface area contributed by atoms with Gasteiger partial charge >= 0.3 is 0 Å². The first kappa shape index (κ1) is 18.6. The molecule has 0 aliphatic heterocycles. The van der Waals surface area contributed by atoms with Crippen molar-refractivity contribution < 1.29 is 13.5 Å². The lowest BCUT2D eigenvalue weighted by Gasteiger charge is -2.16. The highest BCUT2D eigenvalue weighted by Crippen LogP contribution is 2.33. The quantitative estimate of drug-likeness (QED) is 0.492. The normalized spacial score (nSPS) is 11.3. The molecule has 126 valence electrons. The van der Waals surface area contributed by atoms with Crippen molar-refractivity contribution in [2.75, 3.05) is 49.5 Å². The van der Waals surface area contributed by atoms with Crippen LogP contribution in [0.1, 0.15) is 25.7 Å². The molecule has 0 saturated heterocycles. The van der Waals surface area contributed by atoms with Gasteiger partial charge in [0, 0.05) is 27.7 Å². The predicted octanol–water partition coefficient (Wildman–Crippen LogP) is 2.14. The highest BCUT2D eigenvalue weighted by Gasteiger charge is 2.18. The highest BCUT2D eigenvalue weighted by molar-refractivity contribution is 7.91. The van der Waals surface area contributed by atoms with Crippen molar-refractivity contribution in [3.05, 3.63) is 12.1 Å². The number of hydrogen-bond donors (Lipinski definition) is 4. The molecule has 7 heteroatoms. The summed E-state index contributed by atoms with van der Waals surface area (Å²) in [5.74, 6) is 0.129. The molecule has 0 saturated carbocycles. The van der Waals surface area contributed by atoms with Gasteiger partial charge in [0.15, 0.2) is 9.84 Å². The molecule has 0 radical (unpaired) electrons. The van der Waals surface area contributed by atoms with Gasteiger partial charge in [0.05, 0.1) is 27.7 Å². The van der Waals surface area contributed by atoms with Crippen molar-refractivity contribution in [3.63, 3.8) is 0 Å². The van der Waals surface area contributed by atoms with Gasteiger partial charge in [0.2, 0.25) is 0 Å². The van der Waals surface area contributed by atoms with Crippen molar-refractivity contribution in [1.82, 2.24) is 0 Å². The summed E-state index contributed by atoms with van der Waals surface area (Å²) in [6.45, 7) is 0.162. The van der Waals surface area contributed by atoms with E-state index >= 15 is 0 Å². The second-order valence-corrected chi connectivity index (χ2v) is 7.21. The number of aliphatic hydroxyl groups is 1. The van der Waals surface area contributed by atoms with Crippen LogP contribution in [0.25, 0.3) is 0 Å². The Balaban J connectivity index is 2.94. The van der Waals surface area contributed by atoms with Crippen LogP contribution in [0.5, 0.6) is 0 Å². The fraction of sp³-hybridized carbons (Fsp3) is 0.600. The van der Waals surface area contributed by atoms with Gasteiger partial charge in [-0.15, -0.1) is 0 Å². The molecule has 0 bridgehead atoms. The van der Waals surface area contributed by atoms with E-state index in [4.69, 9.17) is 5.11 Å². The van der Waals surface area contributed by atoms with Crippen LogP contribution in [0, 0.1) is 0 Å². The molecular formula is C15H27N3O3S. The van der Waals surface area contributed by atoms with E-state index in [1.54, 1.807) is 33.3 Å². The first-order valence-electron chi connectivity index (χ1n) is 7.55. The van der Waals surface area contributed by atoms with E-state index < -0.39 is 9.84 Å². The van der Waals surface area contributed by atoms with Crippen LogP contribution in [0.4, 0.5) is 17.1 Å². The summed E-state index contributed by atoms with van der Waals surface area (Å²) in [5.41, 5.74) is 2.33. The molecule has 0 atom stereocenters. The van der Waals surface area contributed by atoms with Crippen LogP contribution in [0.3, 0.4) is 0 Å². The Hall–Kier alpha value is -1.47. The van der Waals surface area contributed by atoms with E-state index in [-0.39, 0.29) is 12.4 Å². The molecule has 0 unspecified atom stereocenters. The van der Waals surface area contributed by atoms with Crippen LogP contribution in [-0.2, 0) is 9.84 Å². The van der Waals surface area contributed by atoms with Gasteiger partial charge in [-0.1, -0.05) is 12.8 Å². The number of rotatable bonds is 10. The Morgan fingerprint density at radius 2 is 1.45 bits per heavy atom. The van der Waals surface area contributed by atoms with Crippen LogP contribution < -0.4 is 16.0 Å². The standard InChI is InChI=1S/C15H27N3O3S/c1-16-13-10-12(11-14(17-2)15(13)18-3)22(20,21)9-7-5-4-6-8-19/h10-11,16-19H,4-9H2,1-3H3. The number of anilines is 3. The first-order chi connectivity index (χ1) is 10.5. The molecule has 0 fully saturated rings. The molecule has 0 heterocycles. The summed E-state index contributed by atoms with van der Waals surface area (Å²) in [6, 6.07) is 3.32. The Bertz CT molecular complexity index is 548. The zero-order valence-corrected chi connectivity index (χ0v) is 14.4. The molecule has 0 aromatic heterocycles. The second-order valence-electron chi connectivity index (χ2n) is 5.10. The smallest absolute Gasteiger partial charge is 0.178 e. The first-order valence-corrected chi connectivity index (χ1v) is 9.20. The van der Waals surface area contributed by atoms with Crippen LogP contribution >= 0.6 is 0 Å². The maximum atomic E-state index is 12.5. The summed E-state index contributed by atoms with van der Waals surface area (Å²) in [7, 11) is 2.02. The molecule has 0 aliphatic rings. The van der Waals surface area contributed by atoms with Gasteiger partial charge in [0.25, 0.3) is 0 Å². The average Bonchev–Trinajstić information content (AvgIpc) is 2.52. The summed E-state index contributed by atoms with van der Waals surface area (Å²) >= 11 is 0. The number of nitrogens with one attached hydrogen (secondary N) is 3. The number of sulfone groups is 1. The molecule has 1 rings (SSSR count). The summed E-state index contributed by atoms with van der Waals surface area (Å²) in [4.78, 5) is 0.322. The van der Waals surface area contributed by atoms with Crippen LogP contribution in [0.15, 0.2) is 17.0 Å². The second kappa shape index (κ2) is 8.85. The lowest BCUT2D eigenvalue weighted by molar-refractivity contribution is 0.283. The van der Waals surface area contributed by atoms with E-state index in [0.29, 0.717) is 11.3 Å². The molecular weight excluding hydrogens is 302 g/mol. The SMILES string of the molecule is CNc1cc(S(=O)(=O)CCCCCCO)cc(NC)c1NC. The Labute approximate surface area is 133 Å². The van der Waals surface area contributed by atoms with Gasteiger partial charge < -0.3 is 21.1 Å². The minimum atomic E-state index is -3.31. The average molecular weight is 329 g/mol. The number of benzene rings is 1. The van der Waals surface area contributed by atoms with E-state index in [0.717, 1.165) is 36.3 Å². The Morgan fingerprint density at radius 1 is 0.909 bits per heavy atom. The highest BCUT2D eigenvalue weighted by atomic mass is 32.2. The molecule has 0 amide bonds. The topological polar surface area (TPSA) is 90.5 Å². The molecule has 6 nitrogen and oxygen atoms in total. The van der Waals surface area contributed by atoms with Gasteiger partial charge in [-0.3, -0.25) is 0 Å². The predicted molar refractivity (Wildman–Crippen MR) is 92.7 cm³/mol. The molecule has 1 aromatic rings. The third kappa shape index (κ3) is 4.78. The lowest BCUT2D eigenvalue weighted by atomic mass is 10.2. The van der Waals surface area contributed by atoms with Crippen LogP contribution in [-0.4, -0.2) is 47.0 Å². The van der Waals surface area contributed by atoms with Gasteiger partial charge in [-0.25, -0.2) is 8.42 Å². The molecule has 1 aromatic carbocycles.